The first kappa shape index (κ1) is 23.8. The van der Waals surface area contributed by atoms with Gasteiger partial charge < -0.3 is 25.8 Å². The number of carbonyl (C=O) groups excluding carboxylic acids is 1. The molecule has 4 aliphatic rings. The number of amides is 1. The second-order valence-electron chi connectivity index (χ2n) is 9.90. The van der Waals surface area contributed by atoms with Crippen LogP contribution >= 0.6 is 0 Å². The molecule has 2 fully saturated rings. The van der Waals surface area contributed by atoms with Crippen LogP contribution in [0.25, 0.3) is 0 Å². The normalized spacial score (nSPS) is 30.9. The SMILES string of the molecule is CC(F)(F)OC1=CC=CCC1C(=O)N1CC[C@@H](CC(N)C2CCCC3CC(O)=CC=C3N2)C1. The van der Waals surface area contributed by atoms with Gasteiger partial charge in [-0.3, -0.25) is 4.79 Å². The summed E-state index contributed by atoms with van der Waals surface area (Å²) in [6, 6.07) is 0.122. The molecule has 0 aromatic heterocycles. The first-order valence-electron chi connectivity index (χ1n) is 12.0. The number of nitrogens with two attached hydrogens (primary N) is 1. The van der Waals surface area contributed by atoms with Crippen LogP contribution in [0.5, 0.6) is 0 Å². The zero-order valence-electron chi connectivity index (χ0n) is 19.2. The lowest BCUT2D eigenvalue weighted by atomic mass is 9.91. The van der Waals surface area contributed by atoms with Crippen LogP contribution in [0.15, 0.2) is 47.6 Å². The third kappa shape index (κ3) is 5.96. The summed E-state index contributed by atoms with van der Waals surface area (Å²) in [5.74, 6) is 0.235. The van der Waals surface area contributed by atoms with Crippen LogP contribution in [0.2, 0.25) is 0 Å². The number of halogens is 2. The first-order chi connectivity index (χ1) is 15.7. The number of carbonyl (C=O) groups is 1. The Morgan fingerprint density at radius 1 is 1.33 bits per heavy atom. The quantitative estimate of drug-likeness (QED) is 0.551. The first-order valence-corrected chi connectivity index (χ1v) is 12.0. The van der Waals surface area contributed by atoms with E-state index in [-0.39, 0.29) is 29.7 Å². The van der Waals surface area contributed by atoms with Gasteiger partial charge in [-0.25, -0.2) is 0 Å². The van der Waals surface area contributed by atoms with Crippen molar-refractivity contribution in [1.29, 1.82) is 0 Å². The maximum Gasteiger partial charge on any atom is 0.394 e. The van der Waals surface area contributed by atoms with Crippen molar-refractivity contribution in [3.8, 4) is 0 Å². The third-order valence-corrected chi connectivity index (χ3v) is 7.20. The summed E-state index contributed by atoms with van der Waals surface area (Å²) in [4.78, 5) is 14.9. The summed E-state index contributed by atoms with van der Waals surface area (Å²) in [6.07, 6.45) is 11.1. The smallest absolute Gasteiger partial charge is 0.394 e. The molecule has 0 radical (unpaired) electrons. The summed E-state index contributed by atoms with van der Waals surface area (Å²) < 4.78 is 31.6. The average molecular weight is 464 g/mol. The van der Waals surface area contributed by atoms with Gasteiger partial charge in [-0.1, -0.05) is 18.6 Å². The van der Waals surface area contributed by atoms with E-state index in [1.807, 2.05) is 12.2 Å². The second kappa shape index (κ2) is 9.87. The van der Waals surface area contributed by atoms with Gasteiger partial charge >= 0.3 is 6.11 Å². The molecule has 4 rings (SSSR count). The van der Waals surface area contributed by atoms with Crippen LogP contribution in [-0.2, 0) is 9.53 Å². The lowest BCUT2D eigenvalue weighted by molar-refractivity contribution is -0.204. The molecule has 6 nitrogen and oxygen atoms in total. The van der Waals surface area contributed by atoms with Crippen LogP contribution in [0.3, 0.4) is 0 Å². The van der Waals surface area contributed by atoms with Gasteiger partial charge in [0.15, 0.2) is 0 Å². The lowest BCUT2D eigenvalue weighted by Gasteiger charge is -2.30. The van der Waals surface area contributed by atoms with E-state index >= 15 is 0 Å². The van der Waals surface area contributed by atoms with Crippen molar-refractivity contribution in [2.24, 2.45) is 23.5 Å². The van der Waals surface area contributed by atoms with Gasteiger partial charge in [-0.2, -0.15) is 8.78 Å². The van der Waals surface area contributed by atoms with Gasteiger partial charge in [-0.15, -0.1) is 0 Å². The Hall–Kier alpha value is -2.35. The fourth-order valence-electron chi connectivity index (χ4n) is 5.51. The van der Waals surface area contributed by atoms with Crippen LogP contribution in [0.4, 0.5) is 8.78 Å². The number of alkyl halides is 2. The van der Waals surface area contributed by atoms with Crippen molar-refractivity contribution in [2.45, 2.75) is 70.1 Å². The summed E-state index contributed by atoms with van der Waals surface area (Å²) in [6.45, 7) is 1.89. The minimum Gasteiger partial charge on any atom is -0.512 e. The molecule has 4 N–H and O–H groups in total. The summed E-state index contributed by atoms with van der Waals surface area (Å²) in [5, 5.41) is 13.4. The number of nitrogens with one attached hydrogen (secondary N) is 1. The van der Waals surface area contributed by atoms with Crippen molar-refractivity contribution in [2.75, 3.05) is 13.1 Å². The maximum atomic E-state index is 13.4. The molecule has 2 aliphatic heterocycles. The van der Waals surface area contributed by atoms with E-state index in [2.05, 4.69) is 5.32 Å². The molecule has 4 unspecified atom stereocenters. The van der Waals surface area contributed by atoms with E-state index in [0.717, 1.165) is 37.8 Å². The largest absolute Gasteiger partial charge is 0.512 e. The second-order valence-corrected chi connectivity index (χ2v) is 9.90. The zero-order valence-corrected chi connectivity index (χ0v) is 19.2. The van der Waals surface area contributed by atoms with Gasteiger partial charge in [0, 0.05) is 50.1 Å². The van der Waals surface area contributed by atoms with Crippen LogP contribution in [0, 0.1) is 17.8 Å². The number of rotatable bonds is 6. The Balaban J connectivity index is 1.32. The van der Waals surface area contributed by atoms with Gasteiger partial charge in [0.25, 0.3) is 0 Å². The van der Waals surface area contributed by atoms with Crippen LogP contribution in [0.1, 0.15) is 51.9 Å². The number of likely N-dealkylation sites (tertiary alicyclic amines) is 1. The highest BCUT2D eigenvalue weighted by Gasteiger charge is 2.38. The number of allylic oxidation sites excluding steroid dienone is 7. The molecule has 1 amide bonds. The maximum absolute atomic E-state index is 13.4. The van der Waals surface area contributed by atoms with E-state index in [1.54, 1.807) is 17.1 Å². The molecule has 2 saturated heterocycles. The summed E-state index contributed by atoms with van der Waals surface area (Å²) in [7, 11) is 0. The Morgan fingerprint density at radius 3 is 2.94 bits per heavy atom. The Bertz CT molecular complexity index is 861. The van der Waals surface area contributed by atoms with E-state index in [4.69, 9.17) is 10.5 Å². The third-order valence-electron chi connectivity index (χ3n) is 7.20. The predicted molar refractivity (Wildman–Crippen MR) is 122 cm³/mol. The fourth-order valence-corrected chi connectivity index (χ4v) is 5.51. The number of nitrogens with zero attached hydrogens (tertiary/aromatic N) is 1. The van der Waals surface area contributed by atoms with E-state index in [1.165, 1.54) is 6.08 Å². The number of hydrogen-bond acceptors (Lipinski definition) is 5. The van der Waals surface area contributed by atoms with Crippen LogP contribution in [-0.4, -0.2) is 47.2 Å². The van der Waals surface area contributed by atoms with E-state index < -0.39 is 12.0 Å². The van der Waals surface area contributed by atoms with Gasteiger partial charge in [0.1, 0.15) is 5.76 Å². The molecule has 0 spiro atoms. The fraction of sp³-hybridized carbons (Fsp3) is 0.640. The highest BCUT2D eigenvalue weighted by Crippen LogP contribution is 2.34. The molecule has 0 saturated carbocycles. The van der Waals surface area contributed by atoms with Crippen molar-refractivity contribution < 1.29 is 23.4 Å². The number of hydrogen-bond donors (Lipinski definition) is 3. The monoisotopic (exact) mass is 463 g/mol. The highest BCUT2D eigenvalue weighted by molar-refractivity contribution is 5.82. The molecule has 0 aromatic carbocycles. The van der Waals surface area contributed by atoms with Crippen molar-refractivity contribution in [1.82, 2.24) is 10.2 Å². The lowest BCUT2D eigenvalue weighted by Crippen LogP contribution is -2.46. The molecule has 8 heteroatoms. The summed E-state index contributed by atoms with van der Waals surface area (Å²) in [5.41, 5.74) is 7.78. The van der Waals surface area contributed by atoms with Crippen molar-refractivity contribution >= 4 is 5.91 Å². The number of ether oxygens (including phenoxy) is 1. The number of aliphatic hydroxyl groups is 1. The molecule has 2 heterocycles. The minimum atomic E-state index is -3.32. The molecule has 0 aromatic rings. The van der Waals surface area contributed by atoms with Crippen LogP contribution < -0.4 is 11.1 Å². The molecule has 182 valence electrons. The topological polar surface area (TPSA) is 87.8 Å². The van der Waals surface area contributed by atoms with Crippen molar-refractivity contribution in [3.63, 3.8) is 0 Å². The molecule has 0 bridgehead atoms. The standard InChI is InChI=1S/C25H35F2N3O3/c1-25(26,27)33-23-8-3-2-6-19(23)24(32)30-12-11-16(15-30)13-20(28)22-7-4-5-17-14-18(31)9-10-21(17)29-22/h2-3,8-10,16-17,19-20,22,29,31H,4-7,11-15,28H2,1H3/t16-,17?,19?,20?,22?/m0/s1. The molecular weight excluding hydrogens is 428 g/mol. The van der Waals surface area contributed by atoms with Gasteiger partial charge in [0.2, 0.25) is 5.91 Å². The predicted octanol–water partition coefficient (Wildman–Crippen LogP) is 4.13. The van der Waals surface area contributed by atoms with Gasteiger partial charge in [-0.05, 0) is 56.3 Å². The van der Waals surface area contributed by atoms with E-state index in [0.29, 0.717) is 44.5 Å². The zero-order chi connectivity index (χ0) is 23.6. The number of aliphatic hydroxyl groups excluding tert-OH is 1. The van der Waals surface area contributed by atoms with E-state index in [9.17, 15) is 18.7 Å². The highest BCUT2D eigenvalue weighted by atomic mass is 19.3. The Kier molecular flexibility index (Phi) is 7.12. The summed E-state index contributed by atoms with van der Waals surface area (Å²) >= 11 is 0. The average Bonchev–Trinajstić information content (AvgIpc) is 3.11. The Labute approximate surface area is 194 Å². The molecular formula is C25H35F2N3O3. The molecule has 2 aliphatic carbocycles. The Morgan fingerprint density at radius 2 is 2.15 bits per heavy atom. The molecule has 33 heavy (non-hydrogen) atoms. The number of fused-ring (bicyclic) bond motifs is 1. The van der Waals surface area contributed by atoms with Gasteiger partial charge in [0.05, 0.1) is 11.7 Å². The minimum absolute atomic E-state index is 0.0354. The van der Waals surface area contributed by atoms with Crippen molar-refractivity contribution in [3.05, 3.63) is 47.6 Å². The molecule has 5 atom stereocenters.